The van der Waals surface area contributed by atoms with Crippen molar-refractivity contribution in [3.63, 3.8) is 0 Å². The summed E-state index contributed by atoms with van der Waals surface area (Å²) in [6, 6.07) is 13.9. The van der Waals surface area contributed by atoms with Gasteiger partial charge in [-0.2, -0.15) is 0 Å². The molecule has 0 unspecified atom stereocenters. The van der Waals surface area contributed by atoms with Crippen molar-refractivity contribution >= 4 is 22.8 Å². The zero-order valence-corrected chi connectivity index (χ0v) is 17.0. The van der Waals surface area contributed by atoms with Crippen LogP contribution in [-0.2, 0) is 10.5 Å². The van der Waals surface area contributed by atoms with Gasteiger partial charge in [0.2, 0.25) is 5.91 Å². The minimum atomic E-state index is -0.438. The Bertz CT molecular complexity index is 909. The molecule has 0 radical (unpaired) electrons. The van der Waals surface area contributed by atoms with Crippen LogP contribution < -0.4 is 11.1 Å². The van der Waals surface area contributed by atoms with Crippen LogP contribution in [0.5, 0.6) is 0 Å². The first kappa shape index (κ1) is 19.2. The minimum absolute atomic E-state index is 0.368. The summed E-state index contributed by atoms with van der Waals surface area (Å²) >= 11 is 1.65. The normalized spacial score (nSPS) is 16.7. The number of thioether (sulfide) groups is 1. The molecule has 1 amide bonds. The quantitative estimate of drug-likeness (QED) is 0.832. The Morgan fingerprint density at radius 2 is 1.74 bits per heavy atom. The first-order chi connectivity index (χ1) is 12.9. The topological polar surface area (TPSA) is 67.5 Å². The van der Waals surface area contributed by atoms with Gasteiger partial charge >= 0.3 is 0 Å². The summed E-state index contributed by atoms with van der Waals surface area (Å²) in [7, 11) is 0. The number of hydrogen-bond donors (Lipinski definition) is 2. The van der Waals surface area contributed by atoms with Crippen molar-refractivity contribution in [1.82, 2.24) is 5.32 Å². The van der Waals surface area contributed by atoms with Gasteiger partial charge in [-0.05, 0) is 49.9 Å². The van der Waals surface area contributed by atoms with Crippen LogP contribution in [0, 0.1) is 20.8 Å². The van der Waals surface area contributed by atoms with Crippen molar-refractivity contribution in [2.45, 2.75) is 39.5 Å². The van der Waals surface area contributed by atoms with Crippen LogP contribution >= 0.6 is 11.8 Å². The van der Waals surface area contributed by atoms with Crippen molar-refractivity contribution in [1.29, 1.82) is 0 Å². The van der Waals surface area contributed by atoms with Crippen LogP contribution in [0.1, 0.15) is 40.8 Å². The Labute approximate surface area is 165 Å². The number of aryl methyl sites for hydroxylation is 3. The Morgan fingerprint density at radius 3 is 2.33 bits per heavy atom. The van der Waals surface area contributed by atoms with Gasteiger partial charge in [-0.1, -0.05) is 59.8 Å². The zero-order valence-electron chi connectivity index (χ0n) is 16.2. The number of carbonyl (C=O) groups excluding carboxylic acids is 1. The monoisotopic (exact) mass is 379 g/mol. The molecule has 0 bridgehead atoms. The largest absolute Gasteiger partial charge is 0.366 e. The third-order valence-electron chi connectivity index (χ3n) is 4.79. The number of nitrogens with zero attached hydrogens (tertiary/aromatic N) is 1. The molecule has 0 spiro atoms. The summed E-state index contributed by atoms with van der Waals surface area (Å²) in [5.74, 6) is 0.386. The van der Waals surface area contributed by atoms with Crippen molar-refractivity contribution in [3.8, 4) is 0 Å². The van der Waals surface area contributed by atoms with E-state index in [1.54, 1.807) is 11.8 Å². The SMILES string of the molecule is CC1=C(C(N)=O)[C@H](c2ccccc2)N=C(SCc2c(C)cc(C)cc2C)N1. The number of nitrogens with one attached hydrogen (secondary N) is 1. The number of aliphatic imine (C=N–C) groups is 1. The number of amidine groups is 1. The van der Waals surface area contributed by atoms with Crippen LogP contribution in [0.4, 0.5) is 0 Å². The maximum absolute atomic E-state index is 12.0. The van der Waals surface area contributed by atoms with E-state index in [-0.39, 0.29) is 6.04 Å². The molecule has 0 aromatic heterocycles. The number of amides is 1. The highest BCUT2D eigenvalue weighted by Crippen LogP contribution is 2.32. The molecule has 3 N–H and O–H groups in total. The van der Waals surface area contributed by atoms with E-state index in [0.717, 1.165) is 22.2 Å². The molecule has 4 nitrogen and oxygen atoms in total. The average Bonchev–Trinajstić information content (AvgIpc) is 2.60. The molecule has 2 aromatic carbocycles. The van der Waals surface area contributed by atoms with Crippen LogP contribution in [0.3, 0.4) is 0 Å². The predicted molar refractivity (Wildman–Crippen MR) is 114 cm³/mol. The van der Waals surface area contributed by atoms with E-state index in [4.69, 9.17) is 10.7 Å². The fraction of sp³-hybridized carbons (Fsp3) is 0.273. The Balaban J connectivity index is 1.88. The van der Waals surface area contributed by atoms with Gasteiger partial charge in [0.25, 0.3) is 0 Å². The smallest absolute Gasteiger partial charge is 0.248 e. The molecule has 2 aromatic rings. The second-order valence-electron chi connectivity index (χ2n) is 6.94. The van der Waals surface area contributed by atoms with E-state index >= 15 is 0 Å². The van der Waals surface area contributed by atoms with Crippen molar-refractivity contribution in [3.05, 3.63) is 81.6 Å². The number of nitrogens with two attached hydrogens (primary N) is 1. The first-order valence-electron chi connectivity index (χ1n) is 8.96. The Kier molecular flexibility index (Phi) is 5.71. The molecule has 1 aliphatic rings. The standard InChI is InChI=1S/C22H25N3OS/c1-13-10-14(2)18(15(3)11-13)12-27-22-24-16(4)19(21(23)26)20(25-22)17-8-6-5-7-9-17/h5-11,20H,12H2,1-4H3,(H2,23,26)(H,24,25)/t20-/m0/s1. The molecule has 1 atom stereocenters. The number of rotatable bonds is 4. The average molecular weight is 380 g/mol. The van der Waals surface area contributed by atoms with Gasteiger partial charge in [-0.15, -0.1) is 0 Å². The summed E-state index contributed by atoms with van der Waals surface area (Å²) < 4.78 is 0. The van der Waals surface area contributed by atoms with Crippen molar-refractivity contribution in [2.24, 2.45) is 10.7 Å². The second kappa shape index (κ2) is 8.01. The molecule has 140 valence electrons. The van der Waals surface area contributed by atoms with Crippen LogP contribution in [0.25, 0.3) is 0 Å². The molecule has 0 aliphatic carbocycles. The Hall–Kier alpha value is -2.53. The number of carbonyl (C=O) groups is 1. The molecule has 5 heteroatoms. The number of hydrogen-bond acceptors (Lipinski definition) is 4. The van der Waals surface area contributed by atoms with E-state index in [1.165, 1.54) is 22.3 Å². The molecular weight excluding hydrogens is 354 g/mol. The summed E-state index contributed by atoms with van der Waals surface area (Å²) in [4.78, 5) is 16.8. The van der Waals surface area contributed by atoms with Crippen LogP contribution in [0.15, 0.2) is 58.7 Å². The summed E-state index contributed by atoms with van der Waals surface area (Å²) in [6.07, 6.45) is 0. The molecule has 0 saturated heterocycles. The van der Waals surface area contributed by atoms with Gasteiger partial charge in [0.1, 0.15) is 6.04 Å². The third-order valence-corrected chi connectivity index (χ3v) is 5.71. The predicted octanol–water partition coefficient (Wildman–Crippen LogP) is 4.30. The van der Waals surface area contributed by atoms with Crippen LogP contribution in [-0.4, -0.2) is 11.1 Å². The lowest BCUT2D eigenvalue weighted by Crippen LogP contribution is -2.32. The zero-order chi connectivity index (χ0) is 19.6. The van der Waals surface area contributed by atoms with Crippen molar-refractivity contribution < 1.29 is 4.79 Å². The highest BCUT2D eigenvalue weighted by Gasteiger charge is 2.27. The fourth-order valence-corrected chi connectivity index (χ4v) is 4.64. The van der Waals surface area contributed by atoms with Gasteiger partial charge in [0.15, 0.2) is 5.17 Å². The lowest BCUT2D eigenvalue weighted by atomic mass is 9.96. The maximum atomic E-state index is 12.0. The number of primary amides is 1. The lowest BCUT2D eigenvalue weighted by molar-refractivity contribution is -0.114. The van der Waals surface area contributed by atoms with Gasteiger partial charge < -0.3 is 11.1 Å². The summed E-state index contributed by atoms with van der Waals surface area (Å²) in [6.45, 7) is 8.30. The highest BCUT2D eigenvalue weighted by molar-refractivity contribution is 8.13. The third kappa shape index (κ3) is 4.25. The summed E-state index contributed by atoms with van der Waals surface area (Å²) in [5.41, 5.74) is 13.1. The van der Waals surface area contributed by atoms with Gasteiger partial charge in [-0.25, -0.2) is 4.99 Å². The molecule has 1 heterocycles. The lowest BCUT2D eigenvalue weighted by Gasteiger charge is -2.25. The minimum Gasteiger partial charge on any atom is -0.366 e. The van der Waals surface area contributed by atoms with E-state index in [9.17, 15) is 4.79 Å². The second-order valence-corrected chi connectivity index (χ2v) is 7.91. The molecule has 0 fully saturated rings. The Morgan fingerprint density at radius 1 is 1.11 bits per heavy atom. The summed E-state index contributed by atoms with van der Waals surface area (Å²) in [5, 5.41) is 4.07. The molecule has 0 saturated carbocycles. The molecule has 1 aliphatic heterocycles. The first-order valence-corrected chi connectivity index (χ1v) is 9.95. The van der Waals surface area contributed by atoms with E-state index in [2.05, 4.69) is 38.2 Å². The van der Waals surface area contributed by atoms with Crippen LogP contribution in [0.2, 0.25) is 0 Å². The van der Waals surface area contributed by atoms with Gasteiger partial charge in [-0.3, -0.25) is 4.79 Å². The van der Waals surface area contributed by atoms with E-state index in [0.29, 0.717) is 5.57 Å². The number of allylic oxidation sites excluding steroid dienone is 1. The highest BCUT2D eigenvalue weighted by atomic mass is 32.2. The van der Waals surface area contributed by atoms with Gasteiger partial charge in [0, 0.05) is 11.4 Å². The molecule has 3 rings (SSSR count). The number of benzene rings is 2. The van der Waals surface area contributed by atoms with Crippen molar-refractivity contribution in [2.75, 3.05) is 0 Å². The maximum Gasteiger partial charge on any atom is 0.248 e. The molecular formula is C22H25N3OS. The van der Waals surface area contributed by atoms with E-state index in [1.807, 2.05) is 37.3 Å². The van der Waals surface area contributed by atoms with E-state index < -0.39 is 5.91 Å². The molecule has 27 heavy (non-hydrogen) atoms. The van der Waals surface area contributed by atoms with Gasteiger partial charge in [0.05, 0.1) is 5.57 Å². The fourth-order valence-electron chi connectivity index (χ4n) is 3.49.